The fourth-order valence-corrected chi connectivity index (χ4v) is 5.63. The van der Waals surface area contributed by atoms with Gasteiger partial charge in [0, 0.05) is 32.6 Å². The number of amides is 2. The number of carbonyl (C=O) groups is 2. The van der Waals surface area contributed by atoms with Crippen molar-refractivity contribution in [2.24, 2.45) is 0 Å². The number of nitrogens with zero attached hydrogens (tertiary/aromatic N) is 3. The minimum absolute atomic E-state index is 0.141. The Hall–Kier alpha value is -3.96. The van der Waals surface area contributed by atoms with Crippen LogP contribution in [0.2, 0.25) is 5.02 Å². The molecular formula is C25H15ClF3N5O2S. The van der Waals surface area contributed by atoms with E-state index in [0.717, 1.165) is 20.9 Å². The summed E-state index contributed by atoms with van der Waals surface area (Å²) < 4.78 is 46.8. The molecule has 3 aromatic carbocycles. The zero-order chi connectivity index (χ0) is 25.8. The lowest BCUT2D eigenvalue weighted by atomic mass is 9.94. The van der Waals surface area contributed by atoms with E-state index >= 15 is 0 Å². The molecule has 2 aromatic heterocycles. The van der Waals surface area contributed by atoms with Crippen molar-refractivity contribution in [3.8, 4) is 0 Å². The summed E-state index contributed by atoms with van der Waals surface area (Å²) in [4.78, 5) is 26.5. The summed E-state index contributed by atoms with van der Waals surface area (Å²) in [6.45, 7) is -0.701. The van der Waals surface area contributed by atoms with E-state index in [1.54, 1.807) is 12.1 Å². The molecule has 0 bridgehead atoms. The van der Waals surface area contributed by atoms with Gasteiger partial charge in [-0.05, 0) is 41.9 Å². The van der Waals surface area contributed by atoms with Crippen LogP contribution in [0.25, 0.3) is 21.0 Å². The third-order valence-electron chi connectivity index (χ3n) is 6.20. The Bertz CT molecular complexity index is 1730. The summed E-state index contributed by atoms with van der Waals surface area (Å²) in [6, 6.07) is 11.6. The van der Waals surface area contributed by atoms with Crippen LogP contribution < -0.4 is 10.6 Å². The number of nitrogens with one attached hydrogen (secondary N) is 2. The Morgan fingerprint density at radius 3 is 2.81 bits per heavy atom. The minimum Gasteiger partial charge on any atom is -0.341 e. The van der Waals surface area contributed by atoms with Gasteiger partial charge >= 0.3 is 0 Å². The highest BCUT2D eigenvalue weighted by Gasteiger charge is 2.37. The number of fused-ring (bicyclic) bond motifs is 4. The molecule has 186 valence electrons. The first-order valence-corrected chi connectivity index (χ1v) is 12.2. The molecule has 2 amide bonds. The van der Waals surface area contributed by atoms with Gasteiger partial charge in [-0.2, -0.15) is 9.47 Å². The van der Waals surface area contributed by atoms with Gasteiger partial charge in [0.2, 0.25) is 0 Å². The van der Waals surface area contributed by atoms with E-state index in [2.05, 4.69) is 20.1 Å². The summed E-state index contributed by atoms with van der Waals surface area (Å²) in [5, 5.41) is 10.8. The molecule has 3 heterocycles. The largest absolute Gasteiger partial charge is 0.341 e. The summed E-state index contributed by atoms with van der Waals surface area (Å²) in [5.74, 6) is -1.65. The molecule has 37 heavy (non-hydrogen) atoms. The van der Waals surface area contributed by atoms with Crippen LogP contribution in [-0.4, -0.2) is 32.4 Å². The maximum absolute atomic E-state index is 14.2. The van der Waals surface area contributed by atoms with Crippen LogP contribution in [0.5, 0.6) is 0 Å². The normalized spacial score (nSPS) is 14.9. The molecule has 0 saturated heterocycles. The highest BCUT2D eigenvalue weighted by Crippen LogP contribution is 2.43. The lowest BCUT2D eigenvalue weighted by Crippen LogP contribution is -2.21. The summed E-state index contributed by atoms with van der Waals surface area (Å²) in [6.07, 6.45) is -1.37. The van der Waals surface area contributed by atoms with E-state index in [0.29, 0.717) is 16.3 Å². The van der Waals surface area contributed by atoms with Gasteiger partial charge < -0.3 is 10.6 Å². The highest BCUT2D eigenvalue weighted by molar-refractivity contribution is 7.13. The van der Waals surface area contributed by atoms with Crippen molar-refractivity contribution in [3.05, 3.63) is 88.0 Å². The fourth-order valence-electron chi connectivity index (χ4n) is 4.63. The molecule has 0 spiro atoms. The van der Waals surface area contributed by atoms with E-state index < -0.39 is 36.6 Å². The topological polar surface area (TPSA) is 88.9 Å². The predicted molar refractivity (Wildman–Crippen MR) is 134 cm³/mol. The quantitative estimate of drug-likeness (QED) is 0.295. The van der Waals surface area contributed by atoms with Gasteiger partial charge in [-0.3, -0.25) is 14.3 Å². The lowest BCUT2D eigenvalue weighted by Gasteiger charge is -2.18. The molecule has 0 saturated carbocycles. The van der Waals surface area contributed by atoms with Crippen molar-refractivity contribution in [2.75, 3.05) is 5.32 Å². The Balaban J connectivity index is 1.55. The zero-order valence-electron chi connectivity index (χ0n) is 18.6. The van der Waals surface area contributed by atoms with E-state index in [9.17, 15) is 22.8 Å². The van der Waals surface area contributed by atoms with Crippen molar-refractivity contribution >= 4 is 61.6 Å². The molecule has 1 atom stereocenters. The van der Waals surface area contributed by atoms with Crippen LogP contribution in [-0.2, 0) is 6.54 Å². The Labute approximate surface area is 216 Å². The first-order chi connectivity index (χ1) is 17.8. The SMILES string of the molecule is O=C(Nc1cc2c(cnn2CC(F)F)c2c1[C@H](c1cc(F)ccc1Cl)NC2=O)c1nsc2ccccc12. The highest BCUT2D eigenvalue weighted by atomic mass is 35.5. The standard InChI is InChI=1S/C25H15ClF3N5O2S/c26-15-6-5-11(27)7-13(15)22-21-16(31-25(36)23-12-3-1-2-4-18(12)37-33-23)8-17-14(20(21)24(35)32-22)9-30-34(17)10-19(28)29/h1-9,19,22H,10H2,(H,31,36)(H,32,35)/t22-/m0/s1. The lowest BCUT2D eigenvalue weighted by molar-refractivity contribution is 0.0960. The molecule has 1 aliphatic heterocycles. The maximum Gasteiger partial charge on any atom is 0.276 e. The van der Waals surface area contributed by atoms with Gasteiger partial charge in [-0.25, -0.2) is 13.2 Å². The second kappa shape index (κ2) is 8.86. The number of anilines is 1. The van der Waals surface area contributed by atoms with E-state index in [-0.39, 0.29) is 33.0 Å². The van der Waals surface area contributed by atoms with Crippen molar-refractivity contribution in [1.82, 2.24) is 19.5 Å². The van der Waals surface area contributed by atoms with Gasteiger partial charge in [-0.15, -0.1) is 0 Å². The number of carbonyl (C=O) groups excluding carboxylic acids is 2. The van der Waals surface area contributed by atoms with Crippen LogP contribution in [0.4, 0.5) is 18.9 Å². The first-order valence-electron chi connectivity index (χ1n) is 11.0. The molecule has 5 aromatic rings. The van der Waals surface area contributed by atoms with Crippen molar-refractivity contribution in [1.29, 1.82) is 0 Å². The number of halogens is 4. The van der Waals surface area contributed by atoms with E-state index in [4.69, 9.17) is 11.6 Å². The maximum atomic E-state index is 14.2. The van der Waals surface area contributed by atoms with Crippen molar-refractivity contribution < 1.29 is 22.8 Å². The van der Waals surface area contributed by atoms with Gasteiger partial charge in [0.05, 0.1) is 28.0 Å². The zero-order valence-corrected chi connectivity index (χ0v) is 20.2. The van der Waals surface area contributed by atoms with Crippen LogP contribution in [0, 0.1) is 5.82 Å². The number of benzene rings is 3. The van der Waals surface area contributed by atoms with E-state index in [1.165, 1.54) is 30.5 Å². The second-order valence-electron chi connectivity index (χ2n) is 8.42. The monoisotopic (exact) mass is 541 g/mol. The molecular weight excluding hydrogens is 527 g/mol. The van der Waals surface area contributed by atoms with Crippen LogP contribution >= 0.6 is 23.1 Å². The average molecular weight is 542 g/mol. The molecule has 7 nitrogen and oxygen atoms in total. The number of rotatable bonds is 5. The van der Waals surface area contributed by atoms with Crippen LogP contribution in [0.15, 0.2) is 54.7 Å². The molecule has 2 N–H and O–H groups in total. The smallest absolute Gasteiger partial charge is 0.276 e. The molecule has 0 aliphatic carbocycles. The van der Waals surface area contributed by atoms with Gasteiger partial charge in [0.25, 0.3) is 18.2 Å². The summed E-state index contributed by atoms with van der Waals surface area (Å²) >= 11 is 7.52. The fraction of sp³-hybridized carbons (Fsp3) is 0.120. The summed E-state index contributed by atoms with van der Waals surface area (Å²) in [5.41, 5.74) is 1.33. The third kappa shape index (κ3) is 3.91. The molecule has 6 rings (SSSR count). The predicted octanol–water partition coefficient (Wildman–Crippen LogP) is 5.79. The minimum atomic E-state index is -2.69. The Kier molecular flexibility index (Phi) is 5.61. The molecule has 1 aliphatic rings. The third-order valence-corrected chi connectivity index (χ3v) is 7.37. The van der Waals surface area contributed by atoms with Gasteiger partial charge in [0.1, 0.15) is 18.1 Å². The van der Waals surface area contributed by atoms with E-state index in [1.807, 2.05) is 12.1 Å². The molecule has 12 heteroatoms. The van der Waals surface area contributed by atoms with Crippen molar-refractivity contribution in [3.63, 3.8) is 0 Å². The second-order valence-corrected chi connectivity index (χ2v) is 9.63. The number of hydrogen-bond donors (Lipinski definition) is 2. The van der Waals surface area contributed by atoms with Crippen LogP contribution in [0.3, 0.4) is 0 Å². The molecule has 0 radical (unpaired) electrons. The Morgan fingerprint density at radius 1 is 1.19 bits per heavy atom. The average Bonchev–Trinajstić information content (AvgIpc) is 3.56. The first kappa shape index (κ1) is 23.4. The molecule has 0 unspecified atom stereocenters. The Morgan fingerprint density at radius 2 is 2.00 bits per heavy atom. The van der Waals surface area contributed by atoms with Crippen LogP contribution in [0.1, 0.15) is 38.0 Å². The molecule has 0 fully saturated rings. The van der Waals surface area contributed by atoms with Gasteiger partial charge in [-0.1, -0.05) is 29.8 Å². The van der Waals surface area contributed by atoms with Gasteiger partial charge in [0.15, 0.2) is 0 Å². The number of aromatic nitrogens is 3. The summed E-state index contributed by atoms with van der Waals surface area (Å²) in [7, 11) is 0. The van der Waals surface area contributed by atoms with Crippen molar-refractivity contribution in [2.45, 2.75) is 19.0 Å². The number of hydrogen-bond acceptors (Lipinski definition) is 5. The number of alkyl halides is 2.